The van der Waals surface area contributed by atoms with Gasteiger partial charge in [0.1, 0.15) is 6.17 Å². The van der Waals surface area contributed by atoms with Crippen LogP contribution < -0.4 is 5.32 Å². The van der Waals surface area contributed by atoms with Crippen LogP contribution in [0, 0.1) is 0 Å². The maximum Gasteiger partial charge on any atom is 0.237 e. The van der Waals surface area contributed by atoms with Crippen molar-refractivity contribution in [2.24, 2.45) is 0 Å². The number of hydrogen-bond donors (Lipinski definition) is 1. The third-order valence-corrected chi connectivity index (χ3v) is 2.73. The normalized spacial score (nSPS) is 21.7. The van der Waals surface area contributed by atoms with E-state index in [0.717, 1.165) is 10.2 Å². The second kappa shape index (κ2) is 3.67. The predicted molar refractivity (Wildman–Crippen MR) is 55.5 cm³/mol. The Morgan fingerprint density at radius 1 is 1.64 bits per heavy atom. The van der Waals surface area contributed by atoms with Crippen molar-refractivity contribution < 1.29 is 4.79 Å². The SMILES string of the molecule is CN1C(=O)CNC1c1ccc(Br)cn1. The van der Waals surface area contributed by atoms with E-state index >= 15 is 0 Å². The van der Waals surface area contributed by atoms with Crippen LogP contribution in [0.3, 0.4) is 0 Å². The molecule has 2 rings (SSSR count). The molecule has 0 saturated carbocycles. The fraction of sp³-hybridized carbons (Fsp3) is 0.333. The van der Waals surface area contributed by atoms with Crippen LogP contribution in [0.2, 0.25) is 0 Å². The van der Waals surface area contributed by atoms with Crippen molar-refractivity contribution in [3.8, 4) is 0 Å². The Labute approximate surface area is 90.4 Å². The molecule has 2 heterocycles. The van der Waals surface area contributed by atoms with E-state index in [1.807, 2.05) is 12.1 Å². The van der Waals surface area contributed by atoms with Gasteiger partial charge in [0.2, 0.25) is 5.91 Å². The van der Waals surface area contributed by atoms with Crippen LogP contribution in [0.5, 0.6) is 0 Å². The molecule has 5 heteroatoms. The predicted octanol–water partition coefficient (Wildman–Crippen LogP) is 0.904. The summed E-state index contributed by atoms with van der Waals surface area (Å²) in [6, 6.07) is 3.82. The van der Waals surface area contributed by atoms with Crippen LogP contribution in [0.25, 0.3) is 0 Å². The monoisotopic (exact) mass is 255 g/mol. The minimum absolute atomic E-state index is 0.0874. The Bertz CT molecular complexity index is 352. The Morgan fingerprint density at radius 2 is 2.43 bits per heavy atom. The lowest BCUT2D eigenvalue weighted by Gasteiger charge is -2.18. The Hall–Kier alpha value is -0.940. The van der Waals surface area contributed by atoms with Gasteiger partial charge < -0.3 is 4.90 Å². The summed E-state index contributed by atoms with van der Waals surface area (Å²) in [5.74, 6) is 0.0970. The molecule has 0 radical (unpaired) electrons. The van der Waals surface area contributed by atoms with Gasteiger partial charge in [-0.1, -0.05) is 0 Å². The number of aromatic nitrogens is 1. The minimum atomic E-state index is -0.0874. The Balaban J connectivity index is 2.23. The molecule has 1 fully saturated rings. The van der Waals surface area contributed by atoms with E-state index in [9.17, 15) is 4.79 Å². The lowest BCUT2D eigenvalue weighted by molar-refractivity contribution is -0.126. The molecule has 1 aliphatic rings. The zero-order chi connectivity index (χ0) is 10.1. The standard InChI is InChI=1S/C9H10BrN3O/c1-13-8(14)5-12-9(13)7-3-2-6(10)4-11-7/h2-4,9,12H,5H2,1H3. The molecule has 1 N–H and O–H groups in total. The first-order chi connectivity index (χ1) is 6.68. The molecule has 1 unspecified atom stereocenters. The van der Waals surface area contributed by atoms with Crippen LogP contribution >= 0.6 is 15.9 Å². The van der Waals surface area contributed by atoms with Gasteiger partial charge in [0.25, 0.3) is 0 Å². The van der Waals surface area contributed by atoms with Crippen molar-refractivity contribution in [3.05, 3.63) is 28.5 Å². The van der Waals surface area contributed by atoms with Crippen molar-refractivity contribution in [1.82, 2.24) is 15.2 Å². The largest absolute Gasteiger partial charge is 0.323 e. The molecular weight excluding hydrogens is 246 g/mol. The summed E-state index contributed by atoms with van der Waals surface area (Å²) < 4.78 is 0.938. The number of likely N-dealkylation sites (N-methyl/N-ethyl adjacent to an activating group) is 1. The zero-order valence-electron chi connectivity index (χ0n) is 7.70. The fourth-order valence-electron chi connectivity index (χ4n) is 1.44. The van der Waals surface area contributed by atoms with Gasteiger partial charge in [0.05, 0.1) is 12.2 Å². The second-order valence-corrected chi connectivity index (χ2v) is 4.11. The van der Waals surface area contributed by atoms with Crippen molar-refractivity contribution in [2.75, 3.05) is 13.6 Å². The number of rotatable bonds is 1. The van der Waals surface area contributed by atoms with Gasteiger partial charge in [-0.25, -0.2) is 0 Å². The van der Waals surface area contributed by atoms with Gasteiger partial charge in [-0.05, 0) is 28.1 Å². The van der Waals surface area contributed by atoms with E-state index in [-0.39, 0.29) is 12.1 Å². The van der Waals surface area contributed by atoms with Crippen LogP contribution in [0.15, 0.2) is 22.8 Å². The summed E-state index contributed by atoms with van der Waals surface area (Å²) in [5.41, 5.74) is 0.863. The lowest BCUT2D eigenvalue weighted by Crippen LogP contribution is -2.26. The van der Waals surface area contributed by atoms with Gasteiger partial charge in [0, 0.05) is 17.7 Å². The average molecular weight is 256 g/mol. The van der Waals surface area contributed by atoms with Gasteiger partial charge in [-0.3, -0.25) is 15.1 Å². The van der Waals surface area contributed by atoms with Gasteiger partial charge in [-0.15, -0.1) is 0 Å². The highest BCUT2D eigenvalue weighted by Crippen LogP contribution is 2.19. The number of nitrogens with zero attached hydrogens (tertiary/aromatic N) is 2. The van der Waals surface area contributed by atoms with Crippen LogP contribution in [-0.2, 0) is 4.79 Å². The summed E-state index contributed by atoms with van der Waals surface area (Å²) >= 11 is 3.32. The fourth-order valence-corrected chi connectivity index (χ4v) is 1.68. The number of halogens is 1. The molecular formula is C9H10BrN3O. The van der Waals surface area contributed by atoms with Gasteiger partial charge in [-0.2, -0.15) is 0 Å². The van der Waals surface area contributed by atoms with Crippen LogP contribution in [-0.4, -0.2) is 29.4 Å². The summed E-state index contributed by atoms with van der Waals surface area (Å²) in [6.45, 7) is 0.388. The summed E-state index contributed by atoms with van der Waals surface area (Å²) in [5, 5.41) is 3.09. The third-order valence-electron chi connectivity index (χ3n) is 2.26. The molecule has 0 spiro atoms. The number of amides is 1. The third kappa shape index (κ3) is 1.65. The van der Waals surface area contributed by atoms with Crippen LogP contribution in [0.4, 0.5) is 0 Å². The minimum Gasteiger partial charge on any atom is -0.323 e. The summed E-state index contributed by atoms with van der Waals surface area (Å²) in [6.07, 6.45) is 1.64. The molecule has 4 nitrogen and oxygen atoms in total. The summed E-state index contributed by atoms with van der Waals surface area (Å²) in [4.78, 5) is 17.2. The Morgan fingerprint density at radius 3 is 2.93 bits per heavy atom. The number of nitrogens with one attached hydrogen (secondary N) is 1. The van der Waals surface area contributed by atoms with E-state index in [1.54, 1.807) is 18.1 Å². The maximum atomic E-state index is 11.3. The molecule has 1 amide bonds. The second-order valence-electron chi connectivity index (χ2n) is 3.19. The maximum absolute atomic E-state index is 11.3. The highest BCUT2D eigenvalue weighted by molar-refractivity contribution is 9.10. The average Bonchev–Trinajstić information content (AvgIpc) is 2.50. The van der Waals surface area contributed by atoms with E-state index in [0.29, 0.717) is 6.54 Å². The molecule has 1 atom stereocenters. The van der Waals surface area contributed by atoms with Crippen molar-refractivity contribution in [2.45, 2.75) is 6.17 Å². The molecule has 14 heavy (non-hydrogen) atoms. The van der Waals surface area contributed by atoms with E-state index < -0.39 is 0 Å². The van der Waals surface area contributed by atoms with E-state index in [2.05, 4.69) is 26.2 Å². The van der Waals surface area contributed by atoms with Crippen molar-refractivity contribution >= 4 is 21.8 Å². The first kappa shape index (κ1) is 9.61. The molecule has 74 valence electrons. The van der Waals surface area contributed by atoms with Crippen molar-refractivity contribution in [1.29, 1.82) is 0 Å². The van der Waals surface area contributed by atoms with E-state index in [4.69, 9.17) is 0 Å². The first-order valence-electron chi connectivity index (χ1n) is 4.29. The zero-order valence-corrected chi connectivity index (χ0v) is 9.28. The summed E-state index contributed by atoms with van der Waals surface area (Å²) in [7, 11) is 1.77. The molecule has 0 bridgehead atoms. The van der Waals surface area contributed by atoms with Crippen molar-refractivity contribution in [3.63, 3.8) is 0 Å². The molecule has 1 aromatic rings. The van der Waals surface area contributed by atoms with Crippen LogP contribution in [0.1, 0.15) is 11.9 Å². The Kier molecular flexibility index (Phi) is 2.52. The van der Waals surface area contributed by atoms with Gasteiger partial charge >= 0.3 is 0 Å². The molecule has 0 aliphatic carbocycles. The van der Waals surface area contributed by atoms with Gasteiger partial charge in [0.15, 0.2) is 0 Å². The first-order valence-corrected chi connectivity index (χ1v) is 5.08. The lowest BCUT2D eigenvalue weighted by atomic mass is 10.3. The topological polar surface area (TPSA) is 45.2 Å². The van der Waals surface area contributed by atoms with E-state index in [1.165, 1.54) is 0 Å². The number of pyridine rings is 1. The molecule has 0 aromatic carbocycles. The molecule has 1 saturated heterocycles. The molecule has 1 aliphatic heterocycles. The number of carbonyl (C=O) groups is 1. The molecule has 1 aromatic heterocycles. The highest BCUT2D eigenvalue weighted by atomic mass is 79.9. The quantitative estimate of drug-likeness (QED) is 0.812. The number of hydrogen-bond acceptors (Lipinski definition) is 3. The number of carbonyl (C=O) groups excluding carboxylic acids is 1. The smallest absolute Gasteiger partial charge is 0.237 e. The highest BCUT2D eigenvalue weighted by Gasteiger charge is 2.28.